The molecule has 7 heteroatoms. The second-order valence-electron chi connectivity index (χ2n) is 8.83. The Balaban J connectivity index is 1.57. The van der Waals surface area contributed by atoms with Gasteiger partial charge in [0.15, 0.2) is 0 Å². The zero-order valence-electron chi connectivity index (χ0n) is 17.2. The molecule has 2 aliphatic rings. The number of hydrogen-bond acceptors (Lipinski definition) is 5. The van der Waals surface area contributed by atoms with Crippen LogP contribution in [0.3, 0.4) is 0 Å². The van der Waals surface area contributed by atoms with Gasteiger partial charge < -0.3 is 15.2 Å². The maximum absolute atomic E-state index is 12.8. The Kier molecular flexibility index (Phi) is 5.39. The molecule has 0 aromatic carbocycles. The Labute approximate surface area is 171 Å². The van der Waals surface area contributed by atoms with Crippen LogP contribution in [0, 0.1) is 11.8 Å². The predicted octanol–water partition coefficient (Wildman–Crippen LogP) is 2.66. The quantitative estimate of drug-likeness (QED) is 0.840. The van der Waals surface area contributed by atoms with Gasteiger partial charge in [-0.25, -0.2) is 9.97 Å². The van der Waals surface area contributed by atoms with E-state index in [0.29, 0.717) is 42.9 Å². The monoisotopic (exact) mass is 395 g/mol. The lowest BCUT2D eigenvalue weighted by molar-refractivity contribution is -0.134. The van der Waals surface area contributed by atoms with Crippen molar-refractivity contribution in [2.45, 2.75) is 52.0 Å². The number of piperidine rings is 1. The molecule has 2 N–H and O–H groups in total. The summed E-state index contributed by atoms with van der Waals surface area (Å²) >= 11 is 0. The number of nitrogen functional groups attached to an aromatic ring is 1. The second kappa shape index (κ2) is 7.97. The number of carbonyl (C=O) groups excluding carboxylic acids is 1. The summed E-state index contributed by atoms with van der Waals surface area (Å²) in [4.78, 5) is 35.8. The average molecular weight is 396 g/mol. The van der Waals surface area contributed by atoms with Gasteiger partial charge in [0.2, 0.25) is 5.91 Å². The molecule has 0 saturated carbocycles. The molecule has 0 aliphatic carbocycles. The third-order valence-corrected chi connectivity index (χ3v) is 6.07. The van der Waals surface area contributed by atoms with Crippen LogP contribution in [0.25, 0.3) is 11.3 Å². The third-order valence-electron chi connectivity index (χ3n) is 6.07. The highest BCUT2D eigenvalue weighted by molar-refractivity contribution is 5.76. The first-order valence-electron chi connectivity index (χ1n) is 10.5. The maximum atomic E-state index is 12.8. The van der Waals surface area contributed by atoms with Gasteiger partial charge in [0, 0.05) is 55.4 Å². The lowest BCUT2D eigenvalue weighted by Gasteiger charge is -2.43. The summed E-state index contributed by atoms with van der Waals surface area (Å²) in [6, 6.07) is 5.35. The van der Waals surface area contributed by atoms with Crippen LogP contribution in [0.2, 0.25) is 0 Å². The topological polar surface area (TPSA) is 94.1 Å². The van der Waals surface area contributed by atoms with E-state index in [1.165, 1.54) is 6.33 Å². The first kappa shape index (κ1) is 19.6. The van der Waals surface area contributed by atoms with Crippen molar-refractivity contribution in [3.05, 3.63) is 40.6 Å². The number of rotatable bonds is 5. The molecule has 2 aliphatic heterocycles. The Morgan fingerprint density at radius 3 is 2.79 bits per heavy atom. The van der Waals surface area contributed by atoms with E-state index in [9.17, 15) is 9.59 Å². The van der Waals surface area contributed by atoms with Crippen molar-refractivity contribution in [1.29, 1.82) is 0 Å². The van der Waals surface area contributed by atoms with Gasteiger partial charge in [0.25, 0.3) is 5.56 Å². The lowest BCUT2D eigenvalue weighted by Crippen LogP contribution is -2.49. The van der Waals surface area contributed by atoms with Crippen molar-refractivity contribution in [2.75, 3.05) is 18.8 Å². The summed E-state index contributed by atoms with van der Waals surface area (Å²) in [7, 11) is 0. The van der Waals surface area contributed by atoms with Crippen LogP contribution in [-0.4, -0.2) is 38.4 Å². The lowest BCUT2D eigenvalue weighted by atomic mass is 9.82. The Morgan fingerprint density at radius 1 is 1.21 bits per heavy atom. The highest BCUT2D eigenvalue weighted by Gasteiger charge is 2.36. The minimum Gasteiger partial charge on any atom is -0.384 e. The Bertz CT molecular complexity index is 968. The van der Waals surface area contributed by atoms with Crippen LogP contribution in [0.1, 0.15) is 51.1 Å². The standard InChI is InChI=1S/C22H29N5O2/c1-14(2)4-3-5-21(28)26-10-15-6-17(12-26)19-7-16(8-22(29)27(19)11-15)18-9-20(23)25-13-24-18/h7-9,13-15,17H,3-6,10-12H2,1-2H3,(H2,23,24,25)/t15-,17+/m0/s1. The molecule has 4 heterocycles. The molecule has 1 fully saturated rings. The van der Waals surface area contributed by atoms with Crippen LogP contribution >= 0.6 is 0 Å². The molecule has 0 radical (unpaired) electrons. The SMILES string of the molecule is CC(C)CCCC(=O)N1C[C@@H]2C[C@H](C1)c1cc(-c3cc(N)ncn3)cc(=O)n1C2. The van der Waals surface area contributed by atoms with Crippen molar-refractivity contribution < 1.29 is 4.79 Å². The molecule has 2 bridgehead atoms. The van der Waals surface area contributed by atoms with E-state index >= 15 is 0 Å². The first-order chi connectivity index (χ1) is 13.9. The molecular weight excluding hydrogens is 366 g/mol. The minimum absolute atomic E-state index is 0.0129. The van der Waals surface area contributed by atoms with Gasteiger partial charge in [-0.1, -0.05) is 20.3 Å². The van der Waals surface area contributed by atoms with Crippen molar-refractivity contribution in [3.63, 3.8) is 0 Å². The fourth-order valence-corrected chi connectivity index (χ4v) is 4.66. The van der Waals surface area contributed by atoms with Crippen molar-refractivity contribution in [2.24, 2.45) is 11.8 Å². The van der Waals surface area contributed by atoms with Crippen molar-refractivity contribution >= 4 is 11.7 Å². The number of anilines is 1. The molecule has 2 atom stereocenters. The van der Waals surface area contributed by atoms with Crippen LogP contribution in [0.15, 0.2) is 29.3 Å². The first-order valence-corrected chi connectivity index (χ1v) is 10.5. The van der Waals surface area contributed by atoms with E-state index in [1.807, 2.05) is 15.5 Å². The van der Waals surface area contributed by atoms with E-state index in [4.69, 9.17) is 5.73 Å². The van der Waals surface area contributed by atoms with Crippen LogP contribution in [-0.2, 0) is 11.3 Å². The van der Waals surface area contributed by atoms with Gasteiger partial charge in [-0.3, -0.25) is 9.59 Å². The maximum Gasteiger partial charge on any atom is 0.251 e. The Morgan fingerprint density at radius 2 is 2.03 bits per heavy atom. The zero-order chi connectivity index (χ0) is 20.5. The summed E-state index contributed by atoms with van der Waals surface area (Å²) < 4.78 is 1.88. The van der Waals surface area contributed by atoms with Crippen LogP contribution in [0.4, 0.5) is 5.82 Å². The summed E-state index contributed by atoms with van der Waals surface area (Å²) in [5.41, 5.74) is 8.18. The molecule has 0 spiro atoms. The van der Waals surface area contributed by atoms with Crippen LogP contribution < -0.4 is 11.3 Å². The van der Waals surface area contributed by atoms with E-state index in [0.717, 1.165) is 37.1 Å². The van der Waals surface area contributed by atoms with Gasteiger partial charge >= 0.3 is 0 Å². The third kappa shape index (κ3) is 4.18. The average Bonchev–Trinajstić information content (AvgIpc) is 2.68. The van der Waals surface area contributed by atoms with E-state index in [1.54, 1.807) is 12.1 Å². The molecular formula is C22H29N5O2. The van der Waals surface area contributed by atoms with Crippen LogP contribution in [0.5, 0.6) is 0 Å². The fourth-order valence-electron chi connectivity index (χ4n) is 4.66. The van der Waals surface area contributed by atoms with Crippen molar-refractivity contribution in [3.8, 4) is 11.3 Å². The van der Waals surface area contributed by atoms with Gasteiger partial charge in [0.1, 0.15) is 12.1 Å². The van der Waals surface area contributed by atoms with E-state index in [-0.39, 0.29) is 17.4 Å². The number of hydrogen-bond donors (Lipinski definition) is 1. The van der Waals surface area contributed by atoms with Gasteiger partial charge in [-0.15, -0.1) is 0 Å². The largest absolute Gasteiger partial charge is 0.384 e. The summed E-state index contributed by atoms with van der Waals surface area (Å²) in [5, 5.41) is 0. The molecule has 1 saturated heterocycles. The summed E-state index contributed by atoms with van der Waals surface area (Å²) in [5.74, 6) is 1.77. The summed E-state index contributed by atoms with van der Waals surface area (Å²) in [6.45, 7) is 6.49. The van der Waals surface area contributed by atoms with E-state index in [2.05, 4.69) is 23.8 Å². The fraction of sp³-hybridized carbons (Fsp3) is 0.545. The number of pyridine rings is 1. The predicted molar refractivity (Wildman–Crippen MR) is 112 cm³/mol. The molecule has 2 aromatic heterocycles. The molecule has 7 nitrogen and oxygen atoms in total. The highest BCUT2D eigenvalue weighted by Crippen LogP contribution is 2.36. The number of carbonyl (C=O) groups is 1. The normalized spacial score (nSPS) is 20.6. The molecule has 154 valence electrons. The minimum atomic E-state index is -0.0129. The molecule has 0 unspecified atom stereocenters. The van der Waals surface area contributed by atoms with Gasteiger partial charge in [0.05, 0.1) is 5.69 Å². The number of likely N-dealkylation sites (tertiary alicyclic amines) is 1. The van der Waals surface area contributed by atoms with E-state index < -0.39 is 0 Å². The number of aromatic nitrogens is 3. The van der Waals surface area contributed by atoms with Gasteiger partial charge in [-0.2, -0.15) is 0 Å². The molecule has 4 rings (SSSR count). The highest BCUT2D eigenvalue weighted by atomic mass is 16.2. The number of nitrogens with zero attached hydrogens (tertiary/aromatic N) is 4. The summed E-state index contributed by atoms with van der Waals surface area (Å²) in [6.07, 6.45) is 5.07. The zero-order valence-corrected chi connectivity index (χ0v) is 17.2. The smallest absolute Gasteiger partial charge is 0.251 e. The van der Waals surface area contributed by atoms with Crippen molar-refractivity contribution in [1.82, 2.24) is 19.4 Å². The molecule has 1 amide bonds. The number of nitrogens with two attached hydrogens (primary N) is 1. The Hall–Kier alpha value is -2.70. The second-order valence-corrected chi connectivity index (χ2v) is 8.83. The number of amides is 1. The number of fused-ring (bicyclic) bond motifs is 4. The molecule has 29 heavy (non-hydrogen) atoms. The van der Waals surface area contributed by atoms with Gasteiger partial charge in [-0.05, 0) is 30.7 Å². The molecule has 2 aromatic rings.